The van der Waals surface area contributed by atoms with Crippen LogP contribution >= 0.6 is 0 Å². The molecule has 0 fully saturated rings. The molecule has 0 aliphatic carbocycles. The van der Waals surface area contributed by atoms with Crippen molar-refractivity contribution < 1.29 is 24.2 Å². The fourth-order valence-electron chi connectivity index (χ4n) is 3.43. The maximum Gasteiger partial charge on any atom is 0.352 e. The highest BCUT2D eigenvalue weighted by molar-refractivity contribution is 6.03. The van der Waals surface area contributed by atoms with Gasteiger partial charge in [0.25, 0.3) is 0 Å². The number of amides is 1. The number of nitrogens with one attached hydrogen (secondary N) is 1. The number of rotatable bonds is 4. The van der Waals surface area contributed by atoms with E-state index in [2.05, 4.69) is 5.32 Å². The van der Waals surface area contributed by atoms with Crippen LogP contribution in [0.5, 0.6) is 11.5 Å². The van der Waals surface area contributed by atoms with Gasteiger partial charge in [0, 0.05) is 35.3 Å². The molecule has 4 rings (SSSR count). The molecule has 0 saturated heterocycles. The highest BCUT2D eigenvalue weighted by atomic mass is 16.7. The van der Waals surface area contributed by atoms with Gasteiger partial charge in [-0.25, -0.2) is 4.79 Å². The number of fused-ring (bicyclic) bond motifs is 2. The Morgan fingerprint density at radius 1 is 1.15 bits per heavy atom. The van der Waals surface area contributed by atoms with Crippen LogP contribution in [0.15, 0.2) is 36.4 Å². The van der Waals surface area contributed by atoms with Crippen LogP contribution in [-0.2, 0) is 18.3 Å². The standard InChI is InChI=1S/C20H18N2O5/c1-11-3-5-15-13(7-11)14(19(20(24)25)22(15)2)9-18(23)21-12-4-6-16-17(8-12)27-10-26-16/h3-8H,9-10H2,1-2H3,(H,21,23)(H,24,25). The van der Waals surface area contributed by atoms with Crippen LogP contribution < -0.4 is 14.8 Å². The van der Waals surface area contributed by atoms with Gasteiger partial charge in [0.05, 0.1) is 6.42 Å². The third kappa shape index (κ3) is 2.97. The maximum absolute atomic E-state index is 12.6. The molecule has 1 aromatic heterocycles. The quantitative estimate of drug-likeness (QED) is 0.741. The van der Waals surface area contributed by atoms with Gasteiger partial charge in [-0.05, 0) is 31.2 Å². The lowest BCUT2D eigenvalue weighted by atomic mass is 10.0. The Hall–Kier alpha value is -3.48. The number of aromatic nitrogens is 1. The Balaban J connectivity index is 1.66. The van der Waals surface area contributed by atoms with Crippen LogP contribution in [0.3, 0.4) is 0 Å². The van der Waals surface area contributed by atoms with Crippen molar-refractivity contribution in [1.82, 2.24) is 4.57 Å². The van der Waals surface area contributed by atoms with E-state index in [1.165, 1.54) is 0 Å². The summed E-state index contributed by atoms with van der Waals surface area (Å²) >= 11 is 0. The SMILES string of the molecule is Cc1ccc2c(c1)c(CC(=O)Nc1ccc3c(c1)OCO3)c(C(=O)O)n2C. The Labute approximate surface area is 155 Å². The Kier molecular flexibility index (Phi) is 3.99. The Morgan fingerprint density at radius 3 is 2.70 bits per heavy atom. The number of hydrogen-bond acceptors (Lipinski definition) is 4. The molecule has 2 aromatic carbocycles. The van der Waals surface area contributed by atoms with Gasteiger partial charge in [-0.15, -0.1) is 0 Å². The van der Waals surface area contributed by atoms with E-state index in [1.54, 1.807) is 29.8 Å². The molecule has 0 radical (unpaired) electrons. The molecule has 7 heteroatoms. The zero-order valence-corrected chi connectivity index (χ0v) is 14.9. The average molecular weight is 366 g/mol. The molecule has 2 N–H and O–H groups in total. The molecular weight excluding hydrogens is 348 g/mol. The maximum atomic E-state index is 12.6. The number of anilines is 1. The van der Waals surface area contributed by atoms with Crippen LogP contribution in [0, 0.1) is 6.92 Å². The smallest absolute Gasteiger partial charge is 0.352 e. The summed E-state index contributed by atoms with van der Waals surface area (Å²) in [5.74, 6) is -0.159. The average Bonchev–Trinajstić information content (AvgIpc) is 3.17. The number of aromatic carboxylic acids is 1. The highest BCUT2D eigenvalue weighted by Gasteiger charge is 2.23. The largest absolute Gasteiger partial charge is 0.477 e. The van der Waals surface area contributed by atoms with Crippen molar-refractivity contribution in [3.8, 4) is 11.5 Å². The first-order valence-corrected chi connectivity index (χ1v) is 8.45. The summed E-state index contributed by atoms with van der Waals surface area (Å²) in [5.41, 5.74) is 2.97. The van der Waals surface area contributed by atoms with Gasteiger partial charge in [0.15, 0.2) is 11.5 Å². The van der Waals surface area contributed by atoms with Gasteiger partial charge in [0.2, 0.25) is 12.7 Å². The van der Waals surface area contributed by atoms with Gasteiger partial charge in [-0.3, -0.25) is 4.79 Å². The normalized spacial score (nSPS) is 12.4. The molecule has 1 aliphatic rings. The second-order valence-electron chi connectivity index (χ2n) is 6.50. The predicted octanol–water partition coefficient (Wildman–Crippen LogP) is 3.09. The number of ether oxygens (including phenoxy) is 2. The van der Waals surface area contributed by atoms with Gasteiger partial charge >= 0.3 is 5.97 Å². The third-order valence-electron chi connectivity index (χ3n) is 4.66. The molecule has 138 valence electrons. The number of carboxylic acids is 1. The van der Waals surface area contributed by atoms with Gasteiger partial charge < -0.3 is 24.5 Å². The number of carbonyl (C=O) groups excluding carboxylic acids is 1. The lowest BCUT2D eigenvalue weighted by molar-refractivity contribution is -0.115. The lowest BCUT2D eigenvalue weighted by Gasteiger charge is -2.07. The molecule has 0 unspecified atom stereocenters. The van der Waals surface area contributed by atoms with Gasteiger partial charge in [-0.2, -0.15) is 0 Å². The zero-order chi connectivity index (χ0) is 19.1. The molecule has 1 amide bonds. The van der Waals surface area contributed by atoms with Crippen LogP contribution in [0.25, 0.3) is 10.9 Å². The van der Waals surface area contributed by atoms with Crippen LogP contribution in [-0.4, -0.2) is 28.3 Å². The van der Waals surface area contributed by atoms with Crippen molar-refractivity contribution in [1.29, 1.82) is 0 Å². The second kappa shape index (κ2) is 6.35. The number of carbonyl (C=O) groups is 2. The summed E-state index contributed by atoms with van der Waals surface area (Å²) in [6.07, 6.45) is -0.0448. The molecule has 7 nitrogen and oxygen atoms in total. The fourth-order valence-corrected chi connectivity index (χ4v) is 3.43. The Bertz CT molecular complexity index is 1080. The minimum atomic E-state index is -1.06. The number of hydrogen-bond donors (Lipinski definition) is 2. The van der Waals surface area contributed by atoms with E-state index in [4.69, 9.17) is 9.47 Å². The number of benzene rings is 2. The van der Waals surface area contributed by atoms with Crippen molar-refractivity contribution in [3.63, 3.8) is 0 Å². The molecule has 0 spiro atoms. The molecule has 2 heterocycles. The molecule has 0 saturated carbocycles. The van der Waals surface area contributed by atoms with Crippen molar-refractivity contribution >= 4 is 28.5 Å². The molecule has 0 bridgehead atoms. The number of aryl methyl sites for hydroxylation is 2. The van der Waals surface area contributed by atoms with E-state index in [-0.39, 0.29) is 24.8 Å². The first-order chi connectivity index (χ1) is 12.9. The van der Waals surface area contributed by atoms with E-state index in [1.807, 2.05) is 25.1 Å². The van der Waals surface area contributed by atoms with Gasteiger partial charge in [-0.1, -0.05) is 11.6 Å². The molecule has 27 heavy (non-hydrogen) atoms. The summed E-state index contributed by atoms with van der Waals surface area (Å²) in [7, 11) is 1.69. The van der Waals surface area contributed by atoms with Crippen LogP contribution in [0.1, 0.15) is 21.6 Å². The first kappa shape index (κ1) is 17.0. The minimum absolute atomic E-state index is 0.0448. The first-order valence-electron chi connectivity index (χ1n) is 8.45. The van der Waals surface area contributed by atoms with E-state index in [0.717, 1.165) is 16.5 Å². The Morgan fingerprint density at radius 2 is 1.93 bits per heavy atom. The second-order valence-corrected chi connectivity index (χ2v) is 6.50. The summed E-state index contributed by atoms with van der Waals surface area (Å²) < 4.78 is 12.2. The number of carboxylic acid groups (broad SMARTS) is 1. The van der Waals surface area contributed by atoms with E-state index < -0.39 is 5.97 Å². The summed E-state index contributed by atoms with van der Waals surface area (Å²) in [6, 6.07) is 10.8. The van der Waals surface area contributed by atoms with Crippen LogP contribution in [0.2, 0.25) is 0 Å². The highest BCUT2D eigenvalue weighted by Crippen LogP contribution is 2.34. The molecule has 3 aromatic rings. The zero-order valence-electron chi connectivity index (χ0n) is 14.9. The van der Waals surface area contributed by atoms with E-state index in [0.29, 0.717) is 22.7 Å². The van der Waals surface area contributed by atoms with Crippen molar-refractivity contribution in [2.24, 2.45) is 7.05 Å². The van der Waals surface area contributed by atoms with E-state index in [9.17, 15) is 14.7 Å². The van der Waals surface area contributed by atoms with Crippen LogP contribution in [0.4, 0.5) is 5.69 Å². The van der Waals surface area contributed by atoms with E-state index >= 15 is 0 Å². The molecule has 1 aliphatic heterocycles. The van der Waals surface area contributed by atoms with Crippen molar-refractivity contribution in [3.05, 3.63) is 53.2 Å². The summed E-state index contributed by atoms with van der Waals surface area (Å²) in [5, 5.41) is 13.2. The monoisotopic (exact) mass is 366 g/mol. The summed E-state index contributed by atoms with van der Waals surface area (Å²) in [6.45, 7) is 2.09. The van der Waals surface area contributed by atoms with Gasteiger partial charge in [0.1, 0.15) is 5.69 Å². The van der Waals surface area contributed by atoms with Crippen molar-refractivity contribution in [2.45, 2.75) is 13.3 Å². The van der Waals surface area contributed by atoms with Crippen molar-refractivity contribution in [2.75, 3.05) is 12.1 Å². The minimum Gasteiger partial charge on any atom is -0.477 e. The number of nitrogens with zero attached hydrogens (tertiary/aromatic N) is 1. The lowest BCUT2D eigenvalue weighted by Crippen LogP contribution is -2.17. The predicted molar refractivity (Wildman–Crippen MR) is 99.5 cm³/mol. The topological polar surface area (TPSA) is 89.8 Å². The summed E-state index contributed by atoms with van der Waals surface area (Å²) in [4.78, 5) is 24.4. The molecular formula is C20H18N2O5. The fraction of sp³-hybridized carbons (Fsp3) is 0.200. The third-order valence-corrected chi connectivity index (χ3v) is 4.66. The molecule has 0 atom stereocenters.